The van der Waals surface area contributed by atoms with Crippen LogP contribution in [0.5, 0.6) is 0 Å². The molecule has 0 aliphatic heterocycles. The van der Waals surface area contributed by atoms with Gasteiger partial charge in [-0.3, -0.25) is 14.9 Å². The van der Waals surface area contributed by atoms with Crippen LogP contribution in [-0.4, -0.2) is 14.9 Å². The Labute approximate surface area is 168 Å². The predicted molar refractivity (Wildman–Crippen MR) is 112 cm³/mol. The minimum absolute atomic E-state index is 0.00825. The normalized spacial score (nSPS) is 13.4. The second kappa shape index (κ2) is 6.82. The number of nitrogens with one attached hydrogen (secondary N) is 1. The van der Waals surface area contributed by atoms with Crippen molar-refractivity contribution in [1.82, 2.24) is 9.97 Å². The third-order valence-electron chi connectivity index (χ3n) is 4.97. The van der Waals surface area contributed by atoms with E-state index in [9.17, 15) is 14.9 Å². The van der Waals surface area contributed by atoms with E-state index in [1.54, 1.807) is 47.8 Å². The molecule has 3 heterocycles. The number of thiophene rings is 1. The Bertz CT molecular complexity index is 1350. The van der Waals surface area contributed by atoms with Crippen molar-refractivity contribution in [2.45, 2.75) is 19.3 Å². The van der Waals surface area contributed by atoms with Crippen molar-refractivity contribution in [3.63, 3.8) is 0 Å². The summed E-state index contributed by atoms with van der Waals surface area (Å²) >= 11 is 1.60. The smallest absolute Gasteiger partial charge is 0.270 e. The zero-order chi connectivity index (χ0) is 20.0. The van der Waals surface area contributed by atoms with Gasteiger partial charge in [-0.1, -0.05) is 12.1 Å². The van der Waals surface area contributed by atoms with Gasteiger partial charge in [0.15, 0.2) is 0 Å². The van der Waals surface area contributed by atoms with Crippen molar-refractivity contribution in [3.8, 4) is 11.3 Å². The number of fused-ring (bicyclic) bond motifs is 3. The molecule has 0 unspecified atom stereocenters. The Morgan fingerprint density at radius 2 is 2.10 bits per heavy atom. The van der Waals surface area contributed by atoms with E-state index >= 15 is 0 Å². The van der Waals surface area contributed by atoms with E-state index in [4.69, 9.17) is 4.42 Å². The summed E-state index contributed by atoms with van der Waals surface area (Å²) in [6.45, 7) is 0. The van der Waals surface area contributed by atoms with Crippen molar-refractivity contribution in [2.75, 3.05) is 0 Å². The fourth-order valence-corrected chi connectivity index (χ4v) is 4.90. The molecule has 1 aliphatic carbocycles. The fourth-order valence-electron chi connectivity index (χ4n) is 3.63. The van der Waals surface area contributed by atoms with E-state index in [0.717, 1.165) is 35.0 Å². The standard InChI is InChI=1S/C21H15N3O4S/c25-20-19-15-5-2-6-17(15)29-21(19)23-18(22-20)10-8-14-7-9-16(28-14)12-3-1-4-13(11-12)24(26)27/h1,3-4,7-11H,2,5-6H2,(H,22,23,25)/b10-8+. The summed E-state index contributed by atoms with van der Waals surface area (Å²) in [7, 11) is 0. The molecule has 7 nitrogen and oxygen atoms in total. The molecule has 0 spiro atoms. The Hall–Kier alpha value is -3.52. The average molecular weight is 405 g/mol. The molecule has 0 saturated carbocycles. The first-order chi connectivity index (χ1) is 14.1. The molecular formula is C21H15N3O4S. The van der Waals surface area contributed by atoms with Gasteiger partial charge in [0.1, 0.15) is 22.2 Å². The molecular weight excluding hydrogens is 390 g/mol. The lowest BCUT2D eigenvalue weighted by Gasteiger charge is -1.97. The van der Waals surface area contributed by atoms with Gasteiger partial charge < -0.3 is 9.40 Å². The van der Waals surface area contributed by atoms with Gasteiger partial charge in [0, 0.05) is 22.6 Å². The molecule has 1 aliphatic rings. The SMILES string of the molecule is O=c1[nH]c(/C=C/c2ccc(-c3cccc([N+](=O)[O-])c3)o2)nc2sc3c(c12)CCC3. The van der Waals surface area contributed by atoms with Gasteiger partial charge in [0.05, 0.1) is 10.3 Å². The van der Waals surface area contributed by atoms with Gasteiger partial charge in [-0.05, 0) is 49.1 Å². The molecule has 0 radical (unpaired) electrons. The maximum atomic E-state index is 12.5. The molecule has 29 heavy (non-hydrogen) atoms. The minimum atomic E-state index is -0.439. The summed E-state index contributed by atoms with van der Waals surface area (Å²) in [5, 5.41) is 11.7. The number of aryl methyl sites for hydroxylation is 2. The lowest BCUT2D eigenvalue weighted by molar-refractivity contribution is -0.384. The predicted octanol–water partition coefficient (Wildman–Crippen LogP) is 4.81. The van der Waals surface area contributed by atoms with Gasteiger partial charge in [0.25, 0.3) is 11.2 Å². The number of H-pyrrole nitrogens is 1. The van der Waals surface area contributed by atoms with E-state index in [2.05, 4.69) is 9.97 Å². The Morgan fingerprint density at radius 3 is 2.97 bits per heavy atom. The first-order valence-corrected chi connectivity index (χ1v) is 9.97. The highest BCUT2D eigenvalue weighted by atomic mass is 32.1. The molecule has 1 N–H and O–H groups in total. The second-order valence-corrected chi connectivity index (χ2v) is 7.92. The lowest BCUT2D eigenvalue weighted by atomic mass is 10.1. The Balaban J connectivity index is 1.43. The monoisotopic (exact) mass is 405 g/mol. The van der Waals surface area contributed by atoms with Crippen LogP contribution >= 0.6 is 11.3 Å². The minimum Gasteiger partial charge on any atom is -0.457 e. The number of rotatable bonds is 4. The van der Waals surface area contributed by atoms with Crippen molar-refractivity contribution < 1.29 is 9.34 Å². The van der Waals surface area contributed by atoms with Crippen LogP contribution in [0.2, 0.25) is 0 Å². The van der Waals surface area contributed by atoms with Gasteiger partial charge in [-0.25, -0.2) is 4.98 Å². The zero-order valence-electron chi connectivity index (χ0n) is 15.2. The summed E-state index contributed by atoms with van der Waals surface area (Å²) in [6, 6.07) is 9.79. The number of non-ortho nitro benzene ring substituents is 1. The van der Waals surface area contributed by atoms with Crippen molar-refractivity contribution in [1.29, 1.82) is 0 Å². The first-order valence-electron chi connectivity index (χ1n) is 9.16. The van der Waals surface area contributed by atoms with Crippen molar-refractivity contribution in [3.05, 3.63) is 78.9 Å². The Kier molecular flexibility index (Phi) is 4.13. The number of aromatic amines is 1. The molecule has 0 fully saturated rings. The van der Waals surface area contributed by atoms with Crippen LogP contribution in [0.4, 0.5) is 5.69 Å². The largest absolute Gasteiger partial charge is 0.457 e. The van der Waals surface area contributed by atoms with E-state index in [-0.39, 0.29) is 11.2 Å². The van der Waals surface area contributed by atoms with Gasteiger partial charge in [0.2, 0.25) is 0 Å². The zero-order valence-corrected chi connectivity index (χ0v) is 16.0. The number of nitro benzene ring substituents is 1. The quantitative estimate of drug-likeness (QED) is 0.388. The summed E-state index contributed by atoms with van der Waals surface area (Å²) < 4.78 is 5.77. The van der Waals surface area contributed by atoms with Crippen molar-refractivity contribution in [2.24, 2.45) is 0 Å². The summed E-state index contributed by atoms with van der Waals surface area (Å²) in [5.41, 5.74) is 1.68. The lowest BCUT2D eigenvalue weighted by Crippen LogP contribution is -2.09. The van der Waals surface area contributed by atoms with Crippen LogP contribution in [0.15, 0.2) is 45.6 Å². The third-order valence-corrected chi connectivity index (χ3v) is 6.15. The summed E-state index contributed by atoms with van der Waals surface area (Å²) in [5.74, 6) is 1.55. The Morgan fingerprint density at radius 1 is 1.21 bits per heavy atom. The van der Waals surface area contributed by atoms with Gasteiger partial charge in [-0.2, -0.15) is 0 Å². The van der Waals surface area contributed by atoms with E-state index in [0.29, 0.717) is 22.9 Å². The van der Waals surface area contributed by atoms with E-state index in [1.807, 2.05) is 0 Å². The fraction of sp³-hybridized carbons (Fsp3) is 0.143. The van der Waals surface area contributed by atoms with E-state index in [1.165, 1.54) is 17.0 Å². The molecule has 8 heteroatoms. The number of nitrogens with zero attached hydrogens (tertiary/aromatic N) is 2. The second-order valence-electron chi connectivity index (χ2n) is 6.83. The number of aromatic nitrogens is 2. The summed E-state index contributed by atoms with van der Waals surface area (Å²) in [6.07, 6.45) is 6.48. The molecule has 144 valence electrons. The van der Waals surface area contributed by atoms with Crippen LogP contribution in [0, 0.1) is 10.1 Å². The van der Waals surface area contributed by atoms with Gasteiger partial charge in [-0.15, -0.1) is 11.3 Å². The molecule has 0 amide bonds. The summed E-state index contributed by atoms with van der Waals surface area (Å²) in [4.78, 5) is 32.5. The molecule has 3 aromatic heterocycles. The van der Waals surface area contributed by atoms with Crippen LogP contribution in [-0.2, 0) is 12.8 Å². The van der Waals surface area contributed by atoms with Gasteiger partial charge >= 0.3 is 0 Å². The third kappa shape index (κ3) is 3.17. The topological polar surface area (TPSA) is 102 Å². The number of nitro groups is 1. The molecule has 0 bridgehead atoms. The highest BCUT2D eigenvalue weighted by Gasteiger charge is 2.20. The van der Waals surface area contributed by atoms with E-state index < -0.39 is 4.92 Å². The van der Waals surface area contributed by atoms with Crippen molar-refractivity contribution >= 4 is 39.4 Å². The molecule has 5 rings (SSSR count). The molecule has 4 aromatic rings. The molecule has 0 saturated heterocycles. The number of furan rings is 1. The first kappa shape index (κ1) is 17.6. The highest BCUT2D eigenvalue weighted by Crippen LogP contribution is 2.34. The number of hydrogen-bond donors (Lipinski definition) is 1. The van der Waals surface area contributed by atoms with Crippen LogP contribution in [0.3, 0.4) is 0 Å². The van der Waals surface area contributed by atoms with Crippen LogP contribution in [0.1, 0.15) is 28.4 Å². The number of benzene rings is 1. The molecule has 0 atom stereocenters. The maximum Gasteiger partial charge on any atom is 0.270 e. The van der Waals surface area contributed by atoms with Crippen LogP contribution in [0.25, 0.3) is 33.7 Å². The molecule has 1 aromatic carbocycles. The van der Waals surface area contributed by atoms with Crippen LogP contribution < -0.4 is 5.56 Å². The number of hydrogen-bond acceptors (Lipinski definition) is 6. The highest BCUT2D eigenvalue weighted by molar-refractivity contribution is 7.18. The average Bonchev–Trinajstić information content (AvgIpc) is 3.42. The maximum absolute atomic E-state index is 12.5.